The van der Waals surface area contributed by atoms with Crippen molar-refractivity contribution in [2.24, 2.45) is 5.73 Å². The minimum Gasteiger partial charge on any atom is -0.486 e. The van der Waals surface area contributed by atoms with Gasteiger partial charge in [-0.15, -0.1) is 0 Å². The molecule has 0 heterocycles. The first-order chi connectivity index (χ1) is 11.4. The zero-order valence-corrected chi connectivity index (χ0v) is 12.9. The quantitative estimate of drug-likeness (QED) is 0.849. The molecule has 0 aromatic heterocycles. The molecule has 7 heteroatoms. The van der Waals surface area contributed by atoms with Crippen LogP contribution in [0.5, 0.6) is 5.75 Å². The average molecular weight is 334 g/mol. The second kappa shape index (κ2) is 7.54. The highest BCUT2D eigenvalue weighted by Gasteiger charge is 2.15. The van der Waals surface area contributed by atoms with Crippen molar-refractivity contribution >= 4 is 11.8 Å². The Balaban J connectivity index is 2.02. The zero-order chi connectivity index (χ0) is 17.7. The third kappa shape index (κ3) is 4.52. The maximum Gasteiger partial charge on any atom is 0.252 e. The molecule has 0 aliphatic carbocycles. The van der Waals surface area contributed by atoms with Crippen LogP contribution < -0.4 is 15.8 Å². The first-order valence-corrected chi connectivity index (χ1v) is 7.14. The number of rotatable bonds is 6. The van der Waals surface area contributed by atoms with Crippen molar-refractivity contribution in [1.29, 1.82) is 0 Å². The SMILES string of the molecule is C[C@H](NC(=O)c1ccc(OCc2ccc(F)cc2)c(F)c1)C(N)=O. The summed E-state index contributed by atoms with van der Waals surface area (Å²) in [7, 11) is 0. The van der Waals surface area contributed by atoms with Crippen molar-refractivity contribution in [1.82, 2.24) is 5.32 Å². The molecule has 1 atom stereocenters. The van der Waals surface area contributed by atoms with E-state index in [0.717, 1.165) is 6.07 Å². The van der Waals surface area contributed by atoms with E-state index in [1.165, 1.54) is 43.3 Å². The molecule has 0 fully saturated rings. The number of amides is 2. The van der Waals surface area contributed by atoms with E-state index in [1.807, 2.05) is 0 Å². The van der Waals surface area contributed by atoms with Crippen LogP contribution in [0, 0.1) is 11.6 Å². The van der Waals surface area contributed by atoms with Gasteiger partial charge < -0.3 is 15.8 Å². The third-order valence-electron chi connectivity index (χ3n) is 3.28. The summed E-state index contributed by atoms with van der Waals surface area (Å²) in [4.78, 5) is 22.8. The van der Waals surface area contributed by atoms with Gasteiger partial charge in [-0.3, -0.25) is 9.59 Å². The van der Waals surface area contributed by atoms with Gasteiger partial charge in [0.1, 0.15) is 18.5 Å². The van der Waals surface area contributed by atoms with Crippen molar-refractivity contribution in [2.75, 3.05) is 0 Å². The van der Waals surface area contributed by atoms with E-state index >= 15 is 0 Å². The topological polar surface area (TPSA) is 81.4 Å². The van der Waals surface area contributed by atoms with Gasteiger partial charge in [-0.1, -0.05) is 12.1 Å². The summed E-state index contributed by atoms with van der Waals surface area (Å²) in [6, 6.07) is 8.43. The largest absolute Gasteiger partial charge is 0.486 e. The summed E-state index contributed by atoms with van der Waals surface area (Å²) in [5.74, 6) is -2.45. The van der Waals surface area contributed by atoms with Crippen LogP contribution >= 0.6 is 0 Å². The Morgan fingerprint density at radius 3 is 2.42 bits per heavy atom. The molecule has 24 heavy (non-hydrogen) atoms. The minimum atomic E-state index is -0.866. The Morgan fingerprint density at radius 2 is 1.83 bits per heavy atom. The smallest absolute Gasteiger partial charge is 0.252 e. The third-order valence-corrected chi connectivity index (χ3v) is 3.28. The van der Waals surface area contributed by atoms with Crippen molar-refractivity contribution < 1.29 is 23.1 Å². The van der Waals surface area contributed by atoms with Crippen LogP contribution in [-0.4, -0.2) is 17.9 Å². The molecule has 2 aromatic carbocycles. The number of hydrogen-bond acceptors (Lipinski definition) is 3. The van der Waals surface area contributed by atoms with Gasteiger partial charge in [0, 0.05) is 5.56 Å². The summed E-state index contributed by atoms with van der Waals surface area (Å²) < 4.78 is 32.1. The van der Waals surface area contributed by atoms with Gasteiger partial charge in [-0.05, 0) is 42.8 Å². The molecule has 0 aliphatic heterocycles. The van der Waals surface area contributed by atoms with Gasteiger partial charge >= 0.3 is 0 Å². The molecule has 0 aliphatic rings. The number of nitrogens with two attached hydrogens (primary N) is 1. The fourth-order valence-electron chi connectivity index (χ4n) is 1.85. The highest BCUT2D eigenvalue weighted by molar-refractivity contribution is 5.97. The van der Waals surface area contributed by atoms with Crippen molar-refractivity contribution in [3.63, 3.8) is 0 Å². The maximum absolute atomic E-state index is 14.0. The maximum atomic E-state index is 14.0. The molecule has 0 saturated heterocycles. The lowest BCUT2D eigenvalue weighted by molar-refractivity contribution is -0.119. The number of benzene rings is 2. The molecular formula is C17H16F2N2O3. The molecular weight excluding hydrogens is 318 g/mol. The molecule has 5 nitrogen and oxygen atoms in total. The molecule has 0 radical (unpaired) electrons. The average Bonchev–Trinajstić information content (AvgIpc) is 2.55. The van der Waals surface area contributed by atoms with Gasteiger partial charge in [-0.2, -0.15) is 0 Å². The predicted molar refractivity (Wildman–Crippen MR) is 83.3 cm³/mol. The fraction of sp³-hybridized carbons (Fsp3) is 0.176. The number of carbonyl (C=O) groups is 2. The second-order valence-electron chi connectivity index (χ2n) is 5.16. The zero-order valence-electron chi connectivity index (χ0n) is 12.9. The molecule has 2 rings (SSSR count). The van der Waals surface area contributed by atoms with E-state index in [2.05, 4.69) is 5.32 Å². The van der Waals surface area contributed by atoms with Crippen LogP contribution in [0.25, 0.3) is 0 Å². The van der Waals surface area contributed by atoms with Crippen LogP contribution in [0.4, 0.5) is 8.78 Å². The highest BCUT2D eigenvalue weighted by atomic mass is 19.1. The summed E-state index contributed by atoms with van der Waals surface area (Å²) >= 11 is 0. The highest BCUT2D eigenvalue weighted by Crippen LogP contribution is 2.20. The number of halogens is 2. The van der Waals surface area contributed by atoms with E-state index in [1.54, 1.807) is 0 Å². The number of primary amides is 1. The van der Waals surface area contributed by atoms with Gasteiger partial charge in [0.2, 0.25) is 5.91 Å². The molecule has 0 saturated carbocycles. The van der Waals surface area contributed by atoms with Crippen LogP contribution in [0.3, 0.4) is 0 Å². The number of hydrogen-bond donors (Lipinski definition) is 2. The first-order valence-electron chi connectivity index (χ1n) is 7.14. The second-order valence-corrected chi connectivity index (χ2v) is 5.16. The molecule has 0 spiro atoms. The molecule has 0 unspecified atom stereocenters. The monoisotopic (exact) mass is 334 g/mol. The molecule has 2 aromatic rings. The van der Waals surface area contributed by atoms with E-state index in [0.29, 0.717) is 5.56 Å². The molecule has 126 valence electrons. The predicted octanol–water partition coefficient (Wildman–Crippen LogP) is 2.15. The van der Waals surface area contributed by atoms with Gasteiger partial charge in [0.15, 0.2) is 11.6 Å². The van der Waals surface area contributed by atoms with Gasteiger partial charge in [0.25, 0.3) is 5.91 Å². The molecule has 2 amide bonds. The van der Waals surface area contributed by atoms with E-state index in [4.69, 9.17) is 10.5 Å². The van der Waals surface area contributed by atoms with Crippen LogP contribution in [0.15, 0.2) is 42.5 Å². The van der Waals surface area contributed by atoms with Crippen molar-refractivity contribution in [2.45, 2.75) is 19.6 Å². The van der Waals surface area contributed by atoms with Gasteiger partial charge in [0.05, 0.1) is 0 Å². The van der Waals surface area contributed by atoms with Crippen LogP contribution in [0.1, 0.15) is 22.8 Å². The van der Waals surface area contributed by atoms with E-state index in [-0.39, 0.29) is 23.7 Å². The first kappa shape index (κ1) is 17.4. The Morgan fingerprint density at radius 1 is 1.17 bits per heavy atom. The summed E-state index contributed by atoms with van der Waals surface area (Å²) in [5.41, 5.74) is 5.76. The van der Waals surface area contributed by atoms with Gasteiger partial charge in [-0.25, -0.2) is 8.78 Å². The van der Waals surface area contributed by atoms with E-state index < -0.39 is 23.7 Å². The van der Waals surface area contributed by atoms with E-state index in [9.17, 15) is 18.4 Å². The Bertz CT molecular complexity index is 748. The normalized spacial score (nSPS) is 11.6. The Kier molecular flexibility index (Phi) is 5.47. The number of nitrogens with one attached hydrogen (secondary N) is 1. The Labute approximate surface area is 137 Å². The lowest BCUT2D eigenvalue weighted by Gasteiger charge is -2.11. The fourth-order valence-corrected chi connectivity index (χ4v) is 1.85. The lowest BCUT2D eigenvalue weighted by atomic mass is 10.1. The lowest BCUT2D eigenvalue weighted by Crippen LogP contribution is -2.42. The number of carbonyl (C=O) groups excluding carboxylic acids is 2. The number of ether oxygens (including phenoxy) is 1. The van der Waals surface area contributed by atoms with Crippen LogP contribution in [-0.2, 0) is 11.4 Å². The van der Waals surface area contributed by atoms with Crippen molar-refractivity contribution in [3.8, 4) is 5.75 Å². The summed E-state index contributed by atoms with van der Waals surface area (Å²) in [6.07, 6.45) is 0. The summed E-state index contributed by atoms with van der Waals surface area (Å²) in [6.45, 7) is 1.48. The molecule has 0 bridgehead atoms. The van der Waals surface area contributed by atoms with Crippen LogP contribution in [0.2, 0.25) is 0 Å². The Hall–Kier alpha value is -2.96. The standard InChI is InChI=1S/C17H16F2N2O3/c1-10(16(20)22)21-17(23)12-4-7-15(14(19)8-12)24-9-11-2-5-13(18)6-3-11/h2-8,10H,9H2,1H3,(H2,20,22)(H,21,23)/t10-/m0/s1. The summed E-state index contributed by atoms with van der Waals surface area (Å²) in [5, 5.41) is 2.35. The minimum absolute atomic E-state index is 0.0368. The molecule has 3 N–H and O–H groups in total. The van der Waals surface area contributed by atoms with Crippen molar-refractivity contribution in [3.05, 3.63) is 65.2 Å².